The number of nitrogens with two attached hydrogens (primary N) is 1. The van der Waals surface area contributed by atoms with Crippen LogP contribution in [0, 0.1) is 5.82 Å². The van der Waals surface area contributed by atoms with Crippen molar-refractivity contribution in [1.29, 1.82) is 0 Å². The van der Waals surface area contributed by atoms with Gasteiger partial charge in [-0.1, -0.05) is 30.6 Å². The fraction of sp³-hybridized carbons (Fsp3) is 0.500. The van der Waals surface area contributed by atoms with Gasteiger partial charge >= 0.3 is 0 Å². The van der Waals surface area contributed by atoms with Gasteiger partial charge in [-0.15, -0.1) is 0 Å². The van der Waals surface area contributed by atoms with Gasteiger partial charge in [-0.25, -0.2) is 4.39 Å². The number of benzene rings is 1. The van der Waals surface area contributed by atoms with Crippen molar-refractivity contribution in [2.24, 2.45) is 5.73 Å². The van der Waals surface area contributed by atoms with Gasteiger partial charge in [-0.05, 0) is 37.8 Å². The Morgan fingerprint density at radius 3 is 2.79 bits per heavy atom. The molecule has 3 heteroatoms. The number of ether oxygens (including phenoxy) is 1. The van der Waals surface area contributed by atoms with E-state index in [-0.39, 0.29) is 5.82 Å². The molecule has 0 saturated heterocycles. The van der Waals surface area contributed by atoms with Crippen molar-refractivity contribution in [3.63, 3.8) is 0 Å². The molecule has 1 unspecified atom stereocenters. The lowest BCUT2D eigenvalue weighted by atomic mass is 9.91. The van der Waals surface area contributed by atoms with E-state index in [1.807, 2.05) is 0 Å². The van der Waals surface area contributed by atoms with Crippen LogP contribution in [0.5, 0.6) is 5.75 Å². The first-order chi connectivity index (χ1) is 9.24. The van der Waals surface area contributed by atoms with Crippen molar-refractivity contribution in [2.45, 2.75) is 44.6 Å². The first-order valence-electron chi connectivity index (χ1n) is 7.01. The number of hydrogen-bond acceptors (Lipinski definition) is 2. The van der Waals surface area contributed by atoms with Gasteiger partial charge in [0.1, 0.15) is 11.6 Å². The molecule has 1 aromatic carbocycles. The van der Waals surface area contributed by atoms with Crippen LogP contribution in [0.1, 0.15) is 50.1 Å². The molecular weight excluding hydrogens is 241 g/mol. The molecule has 2 nitrogen and oxygen atoms in total. The molecule has 0 saturated carbocycles. The lowest BCUT2D eigenvalue weighted by Crippen LogP contribution is -2.17. The van der Waals surface area contributed by atoms with Crippen LogP contribution >= 0.6 is 0 Å². The maximum Gasteiger partial charge on any atom is 0.132 e. The van der Waals surface area contributed by atoms with Crippen LogP contribution in [0.2, 0.25) is 0 Å². The van der Waals surface area contributed by atoms with E-state index >= 15 is 0 Å². The number of allylic oxidation sites excluding steroid dienone is 1. The zero-order valence-electron chi connectivity index (χ0n) is 11.5. The number of rotatable bonds is 3. The summed E-state index contributed by atoms with van der Waals surface area (Å²) >= 11 is 0. The molecule has 0 aromatic heterocycles. The molecule has 0 spiro atoms. The summed E-state index contributed by atoms with van der Waals surface area (Å²) in [6.45, 7) is 0. The Labute approximate surface area is 114 Å². The molecule has 0 amide bonds. The summed E-state index contributed by atoms with van der Waals surface area (Å²) in [4.78, 5) is 0. The van der Waals surface area contributed by atoms with Gasteiger partial charge in [-0.2, -0.15) is 0 Å². The molecule has 19 heavy (non-hydrogen) atoms. The van der Waals surface area contributed by atoms with E-state index in [0.29, 0.717) is 11.3 Å². The maximum absolute atomic E-state index is 14.0. The Bertz CT molecular complexity index is 456. The zero-order chi connectivity index (χ0) is 13.7. The van der Waals surface area contributed by atoms with Crippen molar-refractivity contribution in [1.82, 2.24) is 0 Å². The highest BCUT2D eigenvalue weighted by molar-refractivity contribution is 5.41. The number of halogens is 1. The van der Waals surface area contributed by atoms with E-state index in [1.54, 1.807) is 19.2 Å². The summed E-state index contributed by atoms with van der Waals surface area (Å²) < 4.78 is 19.3. The fourth-order valence-electron chi connectivity index (χ4n) is 2.68. The summed E-state index contributed by atoms with van der Waals surface area (Å²) in [6, 6.07) is 4.47. The molecule has 0 radical (unpaired) electrons. The number of methoxy groups -OCH3 is 1. The van der Waals surface area contributed by atoms with E-state index < -0.39 is 6.04 Å². The van der Waals surface area contributed by atoms with Gasteiger partial charge in [0, 0.05) is 0 Å². The molecule has 104 valence electrons. The minimum atomic E-state index is -0.394. The first kappa shape index (κ1) is 14.1. The van der Waals surface area contributed by atoms with Crippen molar-refractivity contribution in [2.75, 3.05) is 7.11 Å². The highest BCUT2D eigenvalue weighted by atomic mass is 19.1. The number of hydrogen-bond donors (Lipinski definition) is 1. The topological polar surface area (TPSA) is 35.2 Å². The van der Waals surface area contributed by atoms with E-state index in [9.17, 15) is 4.39 Å². The van der Waals surface area contributed by atoms with E-state index in [2.05, 4.69) is 6.08 Å². The van der Waals surface area contributed by atoms with Crippen molar-refractivity contribution in [3.05, 3.63) is 41.2 Å². The Morgan fingerprint density at radius 2 is 2.00 bits per heavy atom. The van der Waals surface area contributed by atoms with Gasteiger partial charge in [0.05, 0.1) is 18.7 Å². The molecule has 0 fully saturated rings. The fourth-order valence-corrected chi connectivity index (χ4v) is 2.68. The SMILES string of the molecule is COc1cccc(F)c1C(N)/C1=C/CCCCCC1. The van der Waals surface area contributed by atoms with E-state index in [1.165, 1.54) is 25.3 Å². The predicted octanol–water partition coefficient (Wildman–Crippen LogP) is 4.11. The van der Waals surface area contributed by atoms with Crippen LogP contribution < -0.4 is 10.5 Å². The quantitative estimate of drug-likeness (QED) is 0.833. The third-order valence-electron chi connectivity index (χ3n) is 3.77. The highest BCUT2D eigenvalue weighted by Gasteiger charge is 2.20. The molecular formula is C16H22FNO. The van der Waals surface area contributed by atoms with Crippen LogP contribution in [0.3, 0.4) is 0 Å². The molecule has 0 bridgehead atoms. The Balaban J connectivity index is 2.29. The third kappa shape index (κ3) is 3.35. The second-order valence-electron chi connectivity index (χ2n) is 5.07. The standard InChI is InChI=1S/C16H22FNO/c1-19-14-11-7-10-13(17)15(14)16(18)12-8-5-3-2-4-6-9-12/h7-8,10-11,16H,2-6,9,18H2,1H3/b12-8+. The molecule has 1 aliphatic carbocycles. The van der Waals surface area contributed by atoms with Crippen molar-refractivity contribution < 1.29 is 9.13 Å². The van der Waals surface area contributed by atoms with Gasteiger partial charge in [0.25, 0.3) is 0 Å². The third-order valence-corrected chi connectivity index (χ3v) is 3.77. The maximum atomic E-state index is 14.0. The molecule has 0 heterocycles. The summed E-state index contributed by atoms with van der Waals surface area (Å²) in [5.41, 5.74) is 7.90. The smallest absolute Gasteiger partial charge is 0.132 e. The summed E-state index contributed by atoms with van der Waals surface area (Å²) in [5, 5.41) is 0. The van der Waals surface area contributed by atoms with E-state index in [0.717, 1.165) is 24.8 Å². The predicted molar refractivity (Wildman–Crippen MR) is 75.7 cm³/mol. The first-order valence-corrected chi connectivity index (χ1v) is 7.01. The Morgan fingerprint density at radius 1 is 1.21 bits per heavy atom. The van der Waals surface area contributed by atoms with E-state index in [4.69, 9.17) is 10.5 Å². The van der Waals surface area contributed by atoms with Crippen LogP contribution in [0.25, 0.3) is 0 Å². The Hall–Kier alpha value is -1.35. The van der Waals surface area contributed by atoms with Crippen molar-refractivity contribution in [3.8, 4) is 5.75 Å². The molecule has 2 N–H and O–H groups in total. The molecule has 0 aliphatic heterocycles. The average Bonchev–Trinajstić information content (AvgIpc) is 2.37. The minimum Gasteiger partial charge on any atom is -0.496 e. The summed E-state index contributed by atoms with van der Waals surface area (Å²) in [5.74, 6) is 0.255. The van der Waals surface area contributed by atoms with Crippen LogP contribution in [0.4, 0.5) is 4.39 Å². The van der Waals surface area contributed by atoms with Crippen LogP contribution in [0.15, 0.2) is 29.8 Å². The molecule has 2 rings (SSSR count). The van der Waals surface area contributed by atoms with Gasteiger partial charge in [0.15, 0.2) is 0 Å². The second kappa shape index (κ2) is 6.71. The van der Waals surface area contributed by atoms with Gasteiger partial charge in [0.2, 0.25) is 0 Å². The lowest BCUT2D eigenvalue weighted by molar-refractivity contribution is 0.401. The second-order valence-corrected chi connectivity index (χ2v) is 5.07. The van der Waals surface area contributed by atoms with Gasteiger partial charge in [-0.3, -0.25) is 0 Å². The average molecular weight is 263 g/mol. The van der Waals surface area contributed by atoms with Crippen LogP contribution in [-0.4, -0.2) is 7.11 Å². The van der Waals surface area contributed by atoms with Crippen molar-refractivity contribution >= 4 is 0 Å². The summed E-state index contributed by atoms with van der Waals surface area (Å²) in [7, 11) is 1.55. The summed E-state index contributed by atoms with van der Waals surface area (Å²) in [6.07, 6.45) is 9.04. The molecule has 1 aromatic rings. The zero-order valence-corrected chi connectivity index (χ0v) is 11.5. The monoisotopic (exact) mass is 263 g/mol. The lowest BCUT2D eigenvalue weighted by Gasteiger charge is -2.21. The molecule has 1 aliphatic rings. The minimum absolute atomic E-state index is 0.283. The molecule has 1 atom stereocenters. The highest BCUT2D eigenvalue weighted by Crippen LogP contribution is 2.33. The van der Waals surface area contributed by atoms with Crippen LogP contribution in [-0.2, 0) is 0 Å². The normalized spacial score (nSPS) is 20.9. The largest absolute Gasteiger partial charge is 0.496 e. The van der Waals surface area contributed by atoms with Gasteiger partial charge < -0.3 is 10.5 Å². The Kier molecular flexibility index (Phi) is 4.97.